The van der Waals surface area contributed by atoms with Gasteiger partial charge in [0.1, 0.15) is 0 Å². The molecule has 0 fully saturated rings. The van der Waals surface area contributed by atoms with Crippen molar-refractivity contribution in [2.45, 2.75) is 10.3 Å². The average molecular weight is 347 g/mol. The molecule has 0 saturated heterocycles. The predicted octanol–water partition coefficient (Wildman–Crippen LogP) is 4.75. The van der Waals surface area contributed by atoms with E-state index in [1.807, 2.05) is 54.2 Å². The van der Waals surface area contributed by atoms with E-state index in [-0.39, 0.29) is 5.37 Å². The Kier molecular flexibility index (Phi) is 3.45. The highest BCUT2D eigenvalue weighted by molar-refractivity contribution is 8.00. The molecule has 0 saturated carbocycles. The van der Waals surface area contributed by atoms with Gasteiger partial charge in [0.15, 0.2) is 0 Å². The summed E-state index contributed by atoms with van der Waals surface area (Å²) in [6.45, 7) is 0. The van der Waals surface area contributed by atoms with Crippen molar-refractivity contribution < 1.29 is 7.58 Å². The number of nitrogens with zero attached hydrogens (tertiary/aromatic N) is 1. The first-order valence-corrected chi connectivity index (χ1v) is 10.3. The van der Waals surface area contributed by atoms with Crippen LogP contribution in [0.5, 0.6) is 11.5 Å². The molecule has 2 aliphatic rings. The first-order valence-electron chi connectivity index (χ1n) is 7.91. The van der Waals surface area contributed by atoms with Gasteiger partial charge >= 0.3 is 15.0 Å². The molecule has 0 spiro atoms. The Hall–Kier alpha value is -2.06. The molecule has 1 unspecified atom stereocenters. The Morgan fingerprint density at radius 3 is 2.54 bits per heavy atom. The minimum atomic E-state index is -2.12. The highest BCUT2D eigenvalue weighted by atomic mass is 32.2. The third-order valence-electron chi connectivity index (χ3n) is 4.25. The molecule has 116 valence electrons. The molecule has 5 heteroatoms. The maximum absolute atomic E-state index is 6.34. The molecular weight excluding hydrogens is 333 g/mol. The normalized spacial score (nSPS) is 17.6. The lowest BCUT2D eigenvalue weighted by molar-refractivity contribution is 0.400. The van der Waals surface area contributed by atoms with E-state index in [1.54, 1.807) is 0 Å². The van der Waals surface area contributed by atoms with Crippen LogP contribution in [0.15, 0.2) is 83.8 Å². The van der Waals surface area contributed by atoms with E-state index in [1.165, 1.54) is 16.1 Å². The zero-order valence-electron chi connectivity index (χ0n) is 12.8. The van der Waals surface area contributed by atoms with E-state index in [0.717, 1.165) is 11.5 Å². The van der Waals surface area contributed by atoms with Gasteiger partial charge in [-0.25, -0.2) is 0 Å². The lowest BCUT2D eigenvalue weighted by Crippen LogP contribution is -2.51. The van der Waals surface area contributed by atoms with Crippen LogP contribution in [-0.4, -0.2) is 15.0 Å². The second kappa shape index (κ2) is 5.79. The number of fused-ring (bicyclic) bond motifs is 5. The van der Waals surface area contributed by atoms with Crippen LogP contribution in [0.3, 0.4) is 0 Å². The van der Waals surface area contributed by atoms with Gasteiger partial charge < -0.3 is 11.5 Å². The zero-order valence-corrected chi connectivity index (χ0v) is 14.8. The van der Waals surface area contributed by atoms with E-state index in [4.69, 9.17) is 7.58 Å². The highest BCUT2D eigenvalue weighted by Crippen LogP contribution is 2.55. The molecule has 3 aromatic carbocycles. The summed E-state index contributed by atoms with van der Waals surface area (Å²) in [5.74, 6) is 1.81. The Bertz CT molecular complexity index is 889. The van der Waals surface area contributed by atoms with Crippen molar-refractivity contribution in [3.05, 3.63) is 84.4 Å². The Morgan fingerprint density at radius 2 is 1.62 bits per heavy atom. The predicted molar refractivity (Wildman–Crippen MR) is 97.4 cm³/mol. The summed E-state index contributed by atoms with van der Waals surface area (Å²) in [5.41, 5.74) is 2.44. The SMILES string of the molecule is c1ccc([O][Al]2[O]c3ccccc3C3Sc4ccccc4[N]32)cc1. The summed E-state index contributed by atoms with van der Waals surface area (Å²) in [7, 11) is 0. The van der Waals surface area contributed by atoms with Gasteiger partial charge in [0, 0.05) is 16.1 Å². The van der Waals surface area contributed by atoms with Crippen molar-refractivity contribution in [2.24, 2.45) is 0 Å². The van der Waals surface area contributed by atoms with Crippen LogP contribution in [0, 0.1) is 0 Å². The van der Waals surface area contributed by atoms with Gasteiger partial charge in [-0.15, -0.1) is 0 Å². The van der Waals surface area contributed by atoms with E-state index in [0.29, 0.717) is 0 Å². The van der Waals surface area contributed by atoms with Crippen LogP contribution in [0.2, 0.25) is 0 Å². The maximum atomic E-state index is 6.34. The van der Waals surface area contributed by atoms with Gasteiger partial charge in [-0.2, -0.15) is 0 Å². The molecule has 0 radical (unpaired) electrons. The van der Waals surface area contributed by atoms with Crippen LogP contribution in [0.4, 0.5) is 5.69 Å². The molecular formula is C19H14AlNO2S. The largest absolute Gasteiger partial charge is 1.04 e. The topological polar surface area (TPSA) is 21.7 Å². The smallest absolute Gasteiger partial charge is 0.594 e. The quantitative estimate of drug-likeness (QED) is 0.624. The molecule has 0 bridgehead atoms. The van der Waals surface area contributed by atoms with Gasteiger partial charge in [-0.1, -0.05) is 60.3 Å². The van der Waals surface area contributed by atoms with Crippen molar-refractivity contribution >= 4 is 32.5 Å². The van der Waals surface area contributed by atoms with Gasteiger partial charge in [0.25, 0.3) is 0 Å². The summed E-state index contributed by atoms with van der Waals surface area (Å²) >= 11 is -0.247. The fraction of sp³-hybridized carbons (Fsp3) is 0.0526. The summed E-state index contributed by atoms with van der Waals surface area (Å²) in [5, 5.41) is 0.229. The first-order chi connectivity index (χ1) is 11.9. The molecule has 0 amide bonds. The van der Waals surface area contributed by atoms with Crippen molar-refractivity contribution in [3.63, 3.8) is 0 Å². The molecule has 24 heavy (non-hydrogen) atoms. The third-order valence-corrected chi connectivity index (χ3v) is 7.73. The molecule has 2 heterocycles. The van der Waals surface area contributed by atoms with E-state index in [9.17, 15) is 0 Å². The summed E-state index contributed by atoms with van der Waals surface area (Å²) in [4.78, 5) is 1.29. The number of hydrogen-bond acceptors (Lipinski definition) is 4. The first kappa shape index (κ1) is 14.3. The van der Waals surface area contributed by atoms with Crippen LogP contribution in [0.25, 0.3) is 0 Å². The molecule has 1 atom stereocenters. The third kappa shape index (κ3) is 2.29. The minimum Gasteiger partial charge on any atom is -0.594 e. The molecule has 0 N–H and O–H groups in total. The molecule has 3 aromatic rings. The van der Waals surface area contributed by atoms with E-state index in [2.05, 4.69) is 40.3 Å². The molecule has 0 aromatic heterocycles. The molecule has 5 rings (SSSR count). The monoisotopic (exact) mass is 347 g/mol. The lowest BCUT2D eigenvalue weighted by Gasteiger charge is -2.36. The molecule has 0 aliphatic carbocycles. The number of rotatable bonds is 2. The number of benzene rings is 3. The van der Waals surface area contributed by atoms with Crippen LogP contribution in [-0.2, 0) is 0 Å². The van der Waals surface area contributed by atoms with Crippen molar-refractivity contribution in [2.75, 3.05) is 3.88 Å². The van der Waals surface area contributed by atoms with E-state index < -0.39 is 15.0 Å². The fourth-order valence-electron chi connectivity index (χ4n) is 3.16. The number of anilines is 1. The number of para-hydroxylation sites is 3. The Balaban J connectivity index is 1.60. The maximum Gasteiger partial charge on any atom is 1.04 e. The number of thioether (sulfide) groups is 1. The molecule has 3 nitrogen and oxygen atoms in total. The zero-order chi connectivity index (χ0) is 15.9. The Labute approximate surface area is 150 Å². The second-order valence-electron chi connectivity index (χ2n) is 5.74. The van der Waals surface area contributed by atoms with Crippen molar-refractivity contribution in [3.8, 4) is 11.5 Å². The summed E-state index contributed by atoms with van der Waals surface area (Å²) in [6, 6.07) is 26.8. The van der Waals surface area contributed by atoms with Gasteiger partial charge in [-0.3, -0.25) is 0 Å². The average Bonchev–Trinajstić information content (AvgIpc) is 3.03. The Morgan fingerprint density at radius 1 is 0.875 bits per heavy atom. The van der Waals surface area contributed by atoms with Gasteiger partial charge in [-0.05, 0) is 30.3 Å². The fourth-order valence-corrected chi connectivity index (χ4v) is 6.91. The van der Waals surface area contributed by atoms with Gasteiger partial charge in [0.05, 0.1) is 16.9 Å². The number of hydrogen-bond donors (Lipinski definition) is 0. The van der Waals surface area contributed by atoms with Crippen molar-refractivity contribution in [1.29, 1.82) is 0 Å². The van der Waals surface area contributed by atoms with Crippen molar-refractivity contribution in [1.82, 2.24) is 0 Å². The van der Waals surface area contributed by atoms with E-state index >= 15 is 0 Å². The van der Waals surface area contributed by atoms with Crippen LogP contribution < -0.4 is 11.5 Å². The highest BCUT2D eigenvalue weighted by Gasteiger charge is 2.55. The van der Waals surface area contributed by atoms with Gasteiger partial charge in [0.2, 0.25) is 0 Å². The van der Waals surface area contributed by atoms with Crippen LogP contribution in [0.1, 0.15) is 10.9 Å². The second-order valence-corrected chi connectivity index (χ2v) is 8.50. The minimum absolute atomic E-state index is 0.229. The van der Waals surface area contributed by atoms with Crippen LogP contribution >= 0.6 is 11.8 Å². The summed E-state index contributed by atoms with van der Waals surface area (Å²) < 4.78 is 15.0. The molecule has 2 aliphatic heterocycles. The lowest BCUT2D eigenvalue weighted by atomic mass is 10.2. The standard InChI is InChI=1S/C13H10NOS.C6H6O.Al/c15-11-7-3-1-5-9(11)13-14-10-6-2-4-8-12(10)16-13;7-6-4-2-1-3-5-6;/h1-8,13,15H;1-5,7H;/q-1;;+3/p-2. The summed E-state index contributed by atoms with van der Waals surface area (Å²) in [6.07, 6.45) is 0.